The van der Waals surface area contributed by atoms with Gasteiger partial charge in [0, 0.05) is 12.3 Å². The Bertz CT molecular complexity index is 212. The minimum Gasteiger partial charge on any atom is -0.316 e. The van der Waals surface area contributed by atoms with Crippen molar-refractivity contribution in [1.82, 2.24) is 5.32 Å². The average Bonchev–Trinajstić information content (AvgIpc) is 2.16. The summed E-state index contributed by atoms with van der Waals surface area (Å²) in [5, 5.41) is 3.16. The van der Waals surface area contributed by atoms with Crippen LogP contribution in [0.25, 0.3) is 0 Å². The van der Waals surface area contributed by atoms with E-state index in [4.69, 9.17) is 0 Å². The van der Waals surface area contributed by atoms with Gasteiger partial charge in [0.2, 0.25) is 0 Å². The lowest BCUT2D eigenvalue weighted by molar-refractivity contribution is 0.584. The van der Waals surface area contributed by atoms with E-state index in [1.165, 1.54) is 19.3 Å². The van der Waals surface area contributed by atoms with Crippen molar-refractivity contribution in [3.63, 3.8) is 0 Å². The molecule has 0 spiro atoms. The summed E-state index contributed by atoms with van der Waals surface area (Å²) in [6, 6.07) is 0. The highest BCUT2D eigenvalue weighted by molar-refractivity contribution is 7.91. The second kappa shape index (κ2) is 8.24. The molecule has 0 saturated heterocycles. The zero-order chi connectivity index (χ0) is 10.9. The molecule has 0 aromatic heterocycles. The molecule has 0 aliphatic rings. The van der Waals surface area contributed by atoms with Gasteiger partial charge in [-0.2, -0.15) is 0 Å². The normalized spacial score (nSPS) is 11.9. The summed E-state index contributed by atoms with van der Waals surface area (Å²) < 4.78 is 22.2. The molecule has 0 heterocycles. The minimum absolute atomic E-state index is 0.254. The molecule has 14 heavy (non-hydrogen) atoms. The molecule has 4 heteroatoms. The highest BCUT2D eigenvalue weighted by atomic mass is 32.2. The first-order valence-corrected chi connectivity index (χ1v) is 7.35. The maximum absolute atomic E-state index is 11.1. The van der Waals surface area contributed by atoms with Crippen LogP contribution in [0, 0.1) is 0 Å². The number of sulfone groups is 1. The Labute approximate surface area is 88.2 Å². The van der Waals surface area contributed by atoms with Crippen LogP contribution in [0.15, 0.2) is 0 Å². The highest BCUT2D eigenvalue weighted by Gasteiger charge is 2.05. The van der Waals surface area contributed by atoms with Crippen LogP contribution in [0.5, 0.6) is 0 Å². The van der Waals surface area contributed by atoms with Crippen LogP contribution in [-0.2, 0) is 9.84 Å². The highest BCUT2D eigenvalue weighted by Crippen LogP contribution is 1.96. The summed E-state index contributed by atoms with van der Waals surface area (Å²) in [4.78, 5) is 0. The summed E-state index contributed by atoms with van der Waals surface area (Å²) in [6.45, 7) is 5.42. The summed E-state index contributed by atoms with van der Waals surface area (Å²) in [7, 11) is -2.78. The van der Waals surface area contributed by atoms with Crippen molar-refractivity contribution in [2.24, 2.45) is 0 Å². The molecule has 0 aromatic rings. The van der Waals surface area contributed by atoms with Crippen LogP contribution < -0.4 is 5.32 Å². The van der Waals surface area contributed by atoms with Crippen LogP contribution in [0.4, 0.5) is 0 Å². The fourth-order valence-corrected chi connectivity index (χ4v) is 1.92. The van der Waals surface area contributed by atoms with Gasteiger partial charge < -0.3 is 5.32 Å². The van der Waals surface area contributed by atoms with Gasteiger partial charge in [-0.3, -0.25) is 0 Å². The minimum atomic E-state index is -2.78. The van der Waals surface area contributed by atoms with E-state index in [0.29, 0.717) is 6.54 Å². The average molecular weight is 221 g/mol. The first-order valence-electron chi connectivity index (χ1n) is 5.53. The van der Waals surface area contributed by atoms with Gasteiger partial charge in [0.1, 0.15) is 0 Å². The Morgan fingerprint density at radius 1 is 1.00 bits per heavy atom. The molecule has 0 amide bonds. The largest absolute Gasteiger partial charge is 0.316 e. The molecule has 0 rings (SSSR count). The van der Waals surface area contributed by atoms with Gasteiger partial charge in [-0.25, -0.2) is 8.42 Å². The second-order valence-corrected chi connectivity index (χ2v) is 6.02. The summed E-state index contributed by atoms with van der Waals surface area (Å²) >= 11 is 0. The Morgan fingerprint density at radius 3 is 2.29 bits per heavy atom. The standard InChI is InChI=1S/C10H23NO2S/c1-3-5-6-7-8-11-9-10-14(12,13)4-2/h11H,3-10H2,1-2H3. The Balaban J connectivity index is 3.22. The smallest absolute Gasteiger partial charge is 0.151 e. The monoisotopic (exact) mass is 221 g/mol. The lowest BCUT2D eigenvalue weighted by atomic mass is 10.2. The van der Waals surface area contributed by atoms with E-state index in [9.17, 15) is 8.42 Å². The van der Waals surface area contributed by atoms with Crippen molar-refractivity contribution in [3.05, 3.63) is 0 Å². The van der Waals surface area contributed by atoms with Gasteiger partial charge >= 0.3 is 0 Å². The molecule has 0 aliphatic carbocycles. The van der Waals surface area contributed by atoms with Crippen LogP contribution in [0.2, 0.25) is 0 Å². The quantitative estimate of drug-likeness (QED) is 0.601. The van der Waals surface area contributed by atoms with E-state index < -0.39 is 9.84 Å². The number of hydrogen-bond acceptors (Lipinski definition) is 3. The summed E-state index contributed by atoms with van der Waals surface area (Å²) in [6.07, 6.45) is 4.91. The second-order valence-electron chi connectivity index (χ2n) is 3.55. The summed E-state index contributed by atoms with van der Waals surface area (Å²) in [5.74, 6) is 0.530. The SMILES string of the molecule is CCCCCCNCCS(=O)(=O)CC. The first kappa shape index (κ1) is 13.9. The topological polar surface area (TPSA) is 46.2 Å². The van der Waals surface area contributed by atoms with Gasteiger partial charge in [-0.1, -0.05) is 33.1 Å². The van der Waals surface area contributed by atoms with E-state index in [-0.39, 0.29) is 11.5 Å². The van der Waals surface area contributed by atoms with Crippen molar-refractivity contribution in [2.45, 2.75) is 39.5 Å². The van der Waals surface area contributed by atoms with E-state index >= 15 is 0 Å². The van der Waals surface area contributed by atoms with Gasteiger partial charge in [0.15, 0.2) is 9.84 Å². The van der Waals surface area contributed by atoms with E-state index in [0.717, 1.165) is 13.0 Å². The molecule has 3 nitrogen and oxygen atoms in total. The zero-order valence-corrected chi connectivity index (χ0v) is 10.2. The van der Waals surface area contributed by atoms with Crippen LogP contribution in [-0.4, -0.2) is 33.0 Å². The molecule has 0 aromatic carbocycles. The van der Waals surface area contributed by atoms with Gasteiger partial charge in [-0.05, 0) is 13.0 Å². The maximum atomic E-state index is 11.1. The Morgan fingerprint density at radius 2 is 1.71 bits per heavy atom. The number of rotatable bonds is 9. The molecule has 0 fully saturated rings. The van der Waals surface area contributed by atoms with E-state index in [1.807, 2.05) is 0 Å². The lowest BCUT2D eigenvalue weighted by Crippen LogP contribution is -2.24. The molecule has 0 unspecified atom stereocenters. The Hall–Kier alpha value is -0.0900. The number of hydrogen-bond donors (Lipinski definition) is 1. The lowest BCUT2D eigenvalue weighted by Gasteiger charge is -2.04. The molecule has 0 radical (unpaired) electrons. The zero-order valence-electron chi connectivity index (χ0n) is 9.38. The van der Waals surface area contributed by atoms with Crippen molar-refractivity contribution >= 4 is 9.84 Å². The molecule has 0 aliphatic heterocycles. The molecule has 86 valence electrons. The van der Waals surface area contributed by atoms with Gasteiger partial charge in [0.25, 0.3) is 0 Å². The molecule has 0 atom stereocenters. The van der Waals surface area contributed by atoms with Crippen LogP contribution in [0.3, 0.4) is 0 Å². The number of nitrogens with one attached hydrogen (secondary N) is 1. The predicted octanol–water partition coefficient (Wildman–Crippen LogP) is 1.59. The molecular weight excluding hydrogens is 198 g/mol. The predicted molar refractivity (Wildman–Crippen MR) is 61.3 cm³/mol. The molecule has 0 bridgehead atoms. The fourth-order valence-electron chi connectivity index (χ4n) is 1.17. The van der Waals surface area contributed by atoms with E-state index in [2.05, 4.69) is 12.2 Å². The van der Waals surface area contributed by atoms with Gasteiger partial charge in [-0.15, -0.1) is 0 Å². The third-order valence-corrected chi connectivity index (χ3v) is 3.94. The third-order valence-electron chi connectivity index (χ3n) is 2.24. The van der Waals surface area contributed by atoms with Crippen molar-refractivity contribution < 1.29 is 8.42 Å². The van der Waals surface area contributed by atoms with Crippen molar-refractivity contribution in [3.8, 4) is 0 Å². The maximum Gasteiger partial charge on any atom is 0.151 e. The van der Waals surface area contributed by atoms with Crippen molar-refractivity contribution in [2.75, 3.05) is 24.6 Å². The molecular formula is C10H23NO2S. The molecule has 0 saturated carbocycles. The van der Waals surface area contributed by atoms with Gasteiger partial charge in [0.05, 0.1) is 5.75 Å². The third kappa shape index (κ3) is 8.51. The van der Waals surface area contributed by atoms with E-state index in [1.54, 1.807) is 6.92 Å². The van der Waals surface area contributed by atoms with Crippen molar-refractivity contribution in [1.29, 1.82) is 0 Å². The Kier molecular flexibility index (Phi) is 8.18. The number of unbranched alkanes of at least 4 members (excludes halogenated alkanes) is 3. The molecule has 1 N–H and O–H groups in total. The fraction of sp³-hybridized carbons (Fsp3) is 1.00. The summed E-state index contributed by atoms with van der Waals surface area (Å²) in [5.41, 5.74) is 0. The first-order chi connectivity index (χ1) is 6.62. The van der Waals surface area contributed by atoms with Crippen LogP contribution >= 0.6 is 0 Å². The van der Waals surface area contributed by atoms with Crippen LogP contribution in [0.1, 0.15) is 39.5 Å².